The van der Waals surface area contributed by atoms with Crippen molar-refractivity contribution in [2.75, 3.05) is 45.3 Å². The van der Waals surface area contributed by atoms with Crippen LogP contribution in [0.15, 0.2) is 42.5 Å². The van der Waals surface area contributed by atoms with Gasteiger partial charge in [0.2, 0.25) is 0 Å². The molecule has 1 aromatic heterocycles. The predicted octanol–water partition coefficient (Wildman–Crippen LogP) is 3.98. The number of rotatable bonds is 10. The fourth-order valence-electron chi connectivity index (χ4n) is 4.69. The Kier molecular flexibility index (Phi) is 8.17. The van der Waals surface area contributed by atoms with Gasteiger partial charge in [0.05, 0.1) is 20.3 Å². The van der Waals surface area contributed by atoms with Gasteiger partial charge in [-0.25, -0.2) is 9.07 Å². The van der Waals surface area contributed by atoms with Crippen LogP contribution in [-0.4, -0.2) is 65.5 Å². The maximum atomic E-state index is 13.3. The summed E-state index contributed by atoms with van der Waals surface area (Å²) in [7, 11) is 3.28. The first-order chi connectivity index (χ1) is 17.0. The van der Waals surface area contributed by atoms with Gasteiger partial charge in [-0.2, -0.15) is 0 Å². The molecule has 0 radical (unpaired) electrons. The van der Waals surface area contributed by atoms with Gasteiger partial charge >= 0.3 is 0 Å². The van der Waals surface area contributed by atoms with E-state index in [-0.39, 0.29) is 11.9 Å². The smallest absolute Gasteiger partial charge is 0.168 e. The third-order valence-electron chi connectivity index (χ3n) is 6.56. The second-order valence-electron chi connectivity index (χ2n) is 9.34. The van der Waals surface area contributed by atoms with E-state index in [2.05, 4.69) is 39.2 Å². The minimum absolute atomic E-state index is 0.144. The lowest BCUT2D eigenvalue weighted by atomic mass is 10.0. The lowest BCUT2D eigenvalue weighted by Gasteiger charge is -2.40. The molecule has 0 spiro atoms. The maximum Gasteiger partial charge on any atom is 0.168 e. The topological polar surface area (TPSA) is 68.5 Å². The lowest BCUT2D eigenvalue weighted by Crippen LogP contribution is -2.48. The van der Waals surface area contributed by atoms with Gasteiger partial charge in [-0.1, -0.05) is 19.9 Å². The first-order valence-electron chi connectivity index (χ1n) is 12.2. The highest BCUT2D eigenvalue weighted by Crippen LogP contribution is 2.30. The van der Waals surface area contributed by atoms with Gasteiger partial charge in [-0.05, 0) is 71.1 Å². The molecule has 1 aliphatic rings. The van der Waals surface area contributed by atoms with Crippen molar-refractivity contribution in [3.63, 3.8) is 0 Å². The first kappa shape index (κ1) is 24.9. The van der Waals surface area contributed by atoms with Gasteiger partial charge < -0.3 is 14.4 Å². The Morgan fingerprint density at radius 2 is 1.66 bits per heavy atom. The van der Waals surface area contributed by atoms with E-state index in [0.717, 1.165) is 67.6 Å². The average molecular weight is 483 g/mol. The van der Waals surface area contributed by atoms with E-state index in [1.165, 1.54) is 12.1 Å². The highest BCUT2D eigenvalue weighted by Gasteiger charge is 2.30. The van der Waals surface area contributed by atoms with Gasteiger partial charge in [-0.3, -0.25) is 4.90 Å². The summed E-state index contributed by atoms with van der Waals surface area (Å²) >= 11 is 0. The summed E-state index contributed by atoms with van der Waals surface area (Å²) in [5, 5.41) is 12.8. The molecule has 2 heterocycles. The molecule has 1 aliphatic heterocycles. The second kappa shape index (κ2) is 11.5. The number of aromatic nitrogens is 4. The van der Waals surface area contributed by atoms with Crippen LogP contribution in [0.4, 0.5) is 10.1 Å². The number of halogens is 1. The quantitative estimate of drug-likeness (QED) is 0.433. The van der Waals surface area contributed by atoms with E-state index >= 15 is 0 Å². The van der Waals surface area contributed by atoms with E-state index in [0.29, 0.717) is 12.5 Å². The number of piperazine rings is 1. The SMILES string of the molecule is COc1ccc(CCn2nnnc2C(CC(C)C)N2CCN(c3ccc(F)cc3)CC2)cc1OC. The molecule has 0 aliphatic carbocycles. The molecule has 0 bridgehead atoms. The zero-order valence-corrected chi connectivity index (χ0v) is 21.0. The van der Waals surface area contributed by atoms with Crippen molar-refractivity contribution in [1.82, 2.24) is 25.1 Å². The number of hydrogen-bond acceptors (Lipinski definition) is 7. The number of nitrogens with zero attached hydrogens (tertiary/aromatic N) is 6. The van der Waals surface area contributed by atoms with Crippen molar-refractivity contribution >= 4 is 5.69 Å². The van der Waals surface area contributed by atoms with Crippen molar-refractivity contribution < 1.29 is 13.9 Å². The van der Waals surface area contributed by atoms with Crippen molar-refractivity contribution in [3.8, 4) is 11.5 Å². The van der Waals surface area contributed by atoms with Crippen LogP contribution in [0.25, 0.3) is 0 Å². The van der Waals surface area contributed by atoms with E-state index in [4.69, 9.17) is 9.47 Å². The first-order valence-corrected chi connectivity index (χ1v) is 12.2. The van der Waals surface area contributed by atoms with E-state index in [1.807, 2.05) is 35.0 Å². The van der Waals surface area contributed by atoms with Crippen LogP contribution in [0.1, 0.15) is 37.7 Å². The Hall–Kier alpha value is -3.20. The van der Waals surface area contributed by atoms with E-state index in [9.17, 15) is 4.39 Å². The van der Waals surface area contributed by atoms with Crippen molar-refractivity contribution in [3.05, 3.63) is 59.7 Å². The van der Waals surface area contributed by atoms with Crippen LogP contribution < -0.4 is 14.4 Å². The van der Waals surface area contributed by atoms with Gasteiger partial charge in [-0.15, -0.1) is 5.10 Å². The van der Waals surface area contributed by atoms with Crippen molar-refractivity contribution in [2.24, 2.45) is 5.92 Å². The molecule has 1 fully saturated rings. The Morgan fingerprint density at radius 1 is 0.943 bits per heavy atom. The van der Waals surface area contributed by atoms with E-state index < -0.39 is 0 Å². The van der Waals surface area contributed by atoms with Crippen LogP contribution in [0.2, 0.25) is 0 Å². The molecule has 1 atom stereocenters. The fourth-order valence-corrected chi connectivity index (χ4v) is 4.69. The molecule has 9 heteroatoms. The predicted molar refractivity (Wildman–Crippen MR) is 133 cm³/mol. The number of ether oxygens (including phenoxy) is 2. The van der Waals surface area contributed by atoms with E-state index in [1.54, 1.807) is 14.2 Å². The van der Waals surface area contributed by atoms with Gasteiger partial charge in [0.15, 0.2) is 17.3 Å². The molecule has 0 amide bonds. The zero-order chi connectivity index (χ0) is 24.8. The Labute approximate surface area is 206 Å². The van der Waals surface area contributed by atoms with Crippen LogP contribution in [0.3, 0.4) is 0 Å². The molecule has 3 aromatic rings. The molecule has 4 rings (SSSR count). The Morgan fingerprint density at radius 3 is 2.31 bits per heavy atom. The highest BCUT2D eigenvalue weighted by atomic mass is 19.1. The monoisotopic (exact) mass is 482 g/mol. The molecule has 1 saturated heterocycles. The van der Waals surface area contributed by atoms with Crippen molar-refractivity contribution in [2.45, 2.75) is 39.3 Å². The van der Waals surface area contributed by atoms with Crippen molar-refractivity contribution in [1.29, 1.82) is 0 Å². The third-order valence-corrected chi connectivity index (χ3v) is 6.56. The minimum Gasteiger partial charge on any atom is -0.493 e. The van der Waals surface area contributed by atoms with Crippen LogP contribution >= 0.6 is 0 Å². The Bertz CT molecular complexity index is 1080. The second-order valence-corrected chi connectivity index (χ2v) is 9.34. The normalized spacial score (nSPS) is 15.4. The summed E-state index contributed by atoms with van der Waals surface area (Å²) in [5.74, 6) is 2.65. The molecule has 8 nitrogen and oxygen atoms in total. The number of methoxy groups -OCH3 is 2. The standard InChI is InChI=1S/C26H35FN6O2/c1-19(2)17-23(32-15-13-31(14-16-32)22-8-6-21(27)7-9-22)26-28-29-30-33(26)12-11-20-5-10-24(34-3)25(18-20)35-4/h5-10,18-19,23H,11-17H2,1-4H3. The number of tetrazole rings is 1. The number of anilines is 1. The summed E-state index contributed by atoms with van der Waals surface area (Å²) in [6.45, 7) is 8.72. The highest BCUT2D eigenvalue weighted by molar-refractivity contribution is 5.46. The molecule has 35 heavy (non-hydrogen) atoms. The van der Waals surface area contributed by atoms with Gasteiger partial charge in [0, 0.05) is 38.4 Å². The summed E-state index contributed by atoms with van der Waals surface area (Å²) < 4.78 is 26.1. The van der Waals surface area contributed by atoms with Gasteiger partial charge in [0.25, 0.3) is 0 Å². The summed E-state index contributed by atoms with van der Waals surface area (Å²) in [5.41, 5.74) is 2.20. The molecule has 1 unspecified atom stereocenters. The van der Waals surface area contributed by atoms with Gasteiger partial charge in [0.1, 0.15) is 5.82 Å². The number of aryl methyl sites for hydroxylation is 2. The molecular weight excluding hydrogens is 447 g/mol. The largest absolute Gasteiger partial charge is 0.493 e. The average Bonchev–Trinajstić information content (AvgIpc) is 3.34. The lowest BCUT2D eigenvalue weighted by molar-refractivity contribution is 0.152. The third kappa shape index (κ3) is 6.08. The molecular formula is C26H35FN6O2. The van der Waals surface area contributed by atoms with Crippen LogP contribution in [0, 0.1) is 11.7 Å². The molecule has 0 N–H and O–H groups in total. The molecule has 0 saturated carbocycles. The molecule has 2 aromatic carbocycles. The van der Waals surface area contributed by atoms with Crippen LogP contribution in [0.5, 0.6) is 11.5 Å². The molecule has 188 valence electrons. The number of hydrogen-bond donors (Lipinski definition) is 0. The number of benzene rings is 2. The fraction of sp³-hybridized carbons (Fsp3) is 0.500. The summed E-state index contributed by atoms with van der Waals surface area (Å²) in [6, 6.07) is 12.9. The summed E-state index contributed by atoms with van der Waals surface area (Å²) in [4.78, 5) is 4.79. The minimum atomic E-state index is -0.204. The summed E-state index contributed by atoms with van der Waals surface area (Å²) in [6.07, 6.45) is 1.76. The Balaban J connectivity index is 1.45. The maximum absolute atomic E-state index is 13.3. The van der Waals surface area contributed by atoms with Crippen LogP contribution in [-0.2, 0) is 13.0 Å². The zero-order valence-electron chi connectivity index (χ0n) is 21.0.